The van der Waals surface area contributed by atoms with E-state index in [0.717, 1.165) is 11.8 Å². The van der Waals surface area contributed by atoms with Crippen molar-refractivity contribution in [2.45, 2.75) is 18.3 Å². The Hall–Kier alpha value is -1.29. The highest BCUT2D eigenvalue weighted by Crippen LogP contribution is 2.21. The predicted molar refractivity (Wildman–Crippen MR) is 53.0 cm³/mol. The Bertz CT molecular complexity index is 396. The highest BCUT2D eigenvalue weighted by molar-refractivity contribution is 7.99. The molecule has 0 aliphatic rings. The van der Waals surface area contributed by atoms with Crippen LogP contribution >= 0.6 is 11.8 Å². The van der Waals surface area contributed by atoms with Crippen molar-refractivity contribution in [3.63, 3.8) is 0 Å². The van der Waals surface area contributed by atoms with Gasteiger partial charge in [0.15, 0.2) is 5.03 Å². The number of rotatable bonds is 6. The van der Waals surface area contributed by atoms with Crippen molar-refractivity contribution in [1.29, 1.82) is 0 Å². The third kappa shape index (κ3) is 4.92. The molecule has 0 amide bonds. The van der Waals surface area contributed by atoms with Crippen LogP contribution in [-0.2, 0) is 9.47 Å². The van der Waals surface area contributed by atoms with Gasteiger partial charge in [0.25, 0.3) is 0 Å². The lowest BCUT2D eigenvalue weighted by Crippen LogP contribution is -2.15. The Labute approximate surface area is 104 Å². The van der Waals surface area contributed by atoms with Crippen molar-refractivity contribution < 1.29 is 32.1 Å². The number of thioether (sulfide) groups is 1. The van der Waals surface area contributed by atoms with Gasteiger partial charge < -0.3 is 4.74 Å². The van der Waals surface area contributed by atoms with Crippen LogP contribution in [0.5, 0.6) is 0 Å². The second-order valence-electron chi connectivity index (χ2n) is 2.78. The van der Waals surface area contributed by atoms with Crippen molar-refractivity contribution in [3.05, 3.63) is 5.69 Å². The van der Waals surface area contributed by atoms with Crippen molar-refractivity contribution in [1.82, 2.24) is 10.3 Å². The number of hydrogen-bond donors (Lipinski definition) is 0. The normalized spacial score (nSPS) is 11.6. The fourth-order valence-electron chi connectivity index (χ4n) is 0.895. The summed E-state index contributed by atoms with van der Waals surface area (Å²) in [6.07, 6.45) is -4.67. The number of ether oxygens (including phenoxy) is 2. The highest BCUT2D eigenvalue weighted by Gasteiger charge is 2.29. The first kappa shape index (κ1) is 14.8. The number of esters is 1. The Morgan fingerprint density at radius 2 is 2.17 bits per heavy atom. The van der Waals surface area contributed by atoms with Gasteiger partial charge in [-0.15, -0.1) is 13.2 Å². The predicted octanol–water partition coefficient (Wildman–Crippen LogP) is 1.87. The van der Waals surface area contributed by atoms with Crippen LogP contribution in [-0.4, -0.2) is 41.6 Å². The molecule has 0 radical (unpaired) electrons. The molecule has 0 bridgehead atoms. The van der Waals surface area contributed by atoms with Gasteiger partial charge >= 0.3 is 12.3 Å². The van der Waals surface area contributed by atoms with Gasteiger partial charge in [0.05, 0.1) is 13.2 Å². The number of hydrogen-bond acceptors (Lipinski definition) is 7. The van der Waals surface area contributed by atoms with Crippen LogP contribution in [0.3, 0.4) is 0 Å². The summed E-state index contributed by atoms with van der Waals surface area (Å²) >= 11 is 0.855. The number of nitrogens with zero attached hydrogens (tertiary/aromatic N) is 2. The quantitative estimate of drug-likeness (QED) is 0.449. The van der Waals surface area contributed by atoms with Gasteiger partial charge in [-0.2, -0.15) is 0 Å². The Morgan fingerprint density at radius 3 is 2.78 bits per heavy atom. The molecule has 0 N–H and O–H groups in total. The van der Waals surface area contributed by atoms with Crippen LogP contribution in [0.1, 0.15) is 17.4 Å². The van der Waals surface area contributed by atoms with Crippen molar-refractivity contribution in [2.75, 3.05) is 19.0 Å². The summed E-state index contributed by atoms with van der Waals surface area (Å²) in [5.41, 5.74) is -0.158. The summed E-state index contributed by atoms with van der Waals surface area (Å²) in [7, 11) is 0. The van der Waals surface area contributed by atoms with E-state index >= 15 is 0 Å². The molecule has 0 unspecified atom stereocenters. The largest absolute Gasteiger partial charge is 0.522 e. The van der Waals surface area contributed by atoms with E-state index in [4.69, 9.17) is 0 Å². The summed E-state index contributed by atoms with van der Waals surface area (Å²) in [4.78, 5) is 11.3. The second-order valence-corrected chi connectivity index (χ2v) is 3.86. The molecular formula is C8H9F3N2O4S. The molecule has 0 atom stereocenters. The van der Waals surface area contributed by atoms with Gasteiger partial charge in [-0.05, 0) is 17.2 Å². The average Bonchev–Trinajstić information content (AvgIpc) is 2.71. The maximum Gasteiger partial charge on any atom is 0.522 e. The standard InChI is InChI=1S/C8H9F3N2O4S/c1-2-15-7(14)5-6(13-17-12-5)18-4-3-16-8(9,10)11/h2-4H2,1H3. The topological polar surface area (TPSA) is 74.5 Å². The lowest BCUT2D eigenvalue weighted by molar-refractivity contribution is -0.322. The van der Waals surface area contributed by atoms with Gasteiger partial charge in [-0.1, -0.05) is 11.8 Å². The van der Waals surface area contributed by atoms with Crippen molar-refractivity contribution >= 4 is 17.7 Å². The fraction of sp³-hybridized carbons (Fsp3) is 0.625. The molecule has 0 aliphatic carbocycles. The summed E-state index contributed by atoms with van der Waals surface area (Å²) < 4.78 is 47.6. The van der Waals surface area contributed by atoms with Crippen LogP contribution in [0.15, 0.2) is 9.65 Å². The summed E-state index contributed by atoms with van der Waals surface area (Å²) in [6.45, 7) is 1.19. The van der Waals surface area contributed by atoms with E-state index in [1.165, 1.54) is 0 Å². The molecule has 0 spiro atoms. The molecule has 1 heterocycles. The summed E-state index contributed by atoms with van der Waals surface area (Å²) in [5, 5.41) is 6.78. The number of aromatic nitrogens is 2. The molecule has 6 nitrogen and oxygen atoms in total. The monoisotopic (exact) mass is 286 g/mol. The maximum absolute atomic E-state index is 11.7. The molecule has 1 aromatic rings. The molecule has 0 aromatic carbocycles. The molecular weight excluding hydrogens is 277 g/mol. The molecule has 0 saturated carbocycles. The van der Waals surface area contributed by atoms with Crippen LogP contribution in [0.2, 0.25) is 0 Å². The van der Waals surface area contributed by atoms with Gasteiger partial charge in [0.1, 0.15) is 0 Å². The molecule has 1 rings (SSSR count). The SMILES string of the molecule is CCOC(=O)c1nonc1SCCOC(F)(F)F. The van der Waals surface area contributed by atoms with Gasteiger partial charge in [0, 0.05) is 5.75 Å². The molecule has 1 aromatic heterocycles. The van der Waals surface area contributed by atoms with Crippen LogP contribution in [0.4, 0.5) is 13.2 Å². The Kier molecular flexibility index (Phi) is 5.41. The summed E-state index contributed by atoms with van der Waals surface area (Å²) in [6, 6.07) is 0. The first-order valence-corrected chi connectivity index (χ1v) is 5.75. The van der Waals surface area contributed by atoms with Crippen LogP contribution < -0.4 is 0 Å². The molecule has 18 heavy (non-hydrogen) atoms. The molecule has 102 valence electrons. The molecule has 10 heteroatoms. The zero-order valence-electron chi connectivity index (χ0n) is 9.19. The van der Waals surface area contributed by atoms with Gasteiger partial charge in [-0.3, -0.25) is 4.74 Å². The highest BCUT2D eigenvalue weighted by atomic mass is 32.2. The second kappa shape index (κ2) is 6.59. The Morgan fingerprint density at radius 1 is 1.44 bits per heavy atom. The first-order valence-electron chi connectivity index (χ1n) is 4.77. The van der Waals surface area contributed by atoms with E-state index in [9.17, 15) is 18.0 Å². The number of carbonyl (C=O) groups is 1. The van der Waals surface area contributed by atoms with E-state index in [2.05, 4.69) is 24.4 Å². The van der Waals surface area contributed by atoms with Gasteiger partial charge in [-0.25, -0.2) is 9.42 Å². The fourth-order valence-corrected chi connectivity index (χ4v) is 1.60. The number of alkyl halides is 3. The first-order chi connectivity index (χ1) is 8.44. The lowest BCUT2D eigenvalue weighted by atomic mass is 10.5. The van der Waals surface area contributed by atoms with E-state index in [1.807, 2.05) is 0 Å². The van der Waals surface area contributed by atoms with E-state index < -0.39 is 18.9 Å². The lowest BCUT2D eigenvalue weighted by Gasteiger charge is -2.05. The number of halogens is 3. The average molecular weight is 286 g/mol. The molecule has 0 fully saturated rings. The Balaban J connectivity index is 2.43. The van der Waals surface area contributed by atoms with Crippen molar-refractivity contribution in [3.8, 4) is 0 Å². The zero-order valence-corrected chi connectivity index (χ0v) is 10.0. The smallest absolute Gasteiger partial charge is 0.461 e. The minimum atomic E-state index is -4.67. The van der Waals surface area contributed by atoms with E-state index in [1.54, 1.807) is 6.92 Å². The van der Waals surface area contributed by atoms with Crippen LogP contribution in [0.25, 0.3) is 0 Å². The van der Waals surface area contributed by atoms with E-state index in [0.29, 0.717) is 0 Å². The molecule has 0 aliphatic heterocycles. The minimum absolute atomic E-state index is 0.0554. The van der Waals surface area contributed by atoms with Crippen molar-refractivity contribution in [2.24, 2.45) is 0 Å². The maximum atomic E-state index is 11.7. The van der Waals surface area contributed by atoms with E-state index in [-0.39, 0.29) is 23.1 Å². The summed E-state index contributed by atoms with van der Waals surface area (Å²) in [5.74, 6) is -0.793. The third-order valence-electron chi connectivity index (χ3n) is 1.52. The molecule has 0 saturated heterocycles. The zero-order chi connectivity index (χ0) is 13.6. The van der Waals surface area contributed by atoms with Crippen LogP contribution in [0, 0.1) is 0 Å². The minimum Gasteiger partial charge on any atom is -0.461 e. The number of carbonyl (C=O) groups excluding carboxylic acids is 1. The third-order valence-corrected chi connectivity index (χ3v) is 2.43. The van der Waals surface area contributed by atoms with Gasteiger partial charge in [0.2, 0.25) is 5.69 Å².